The molecule has 6 rings (SSSR count). The zero-order valence-corrected chi connectivity index (χ0v) is 26.7. The first-order chi connectivity index (χ1) is 22.7. The highest BCUT2D eigenvalue weighted by Gasteiger charge is 2.38. The Morgan fingerprint density at radius 2 is 1.81 bits per heavy atom. The van der Waals surface area contributed by atoms with Gasteiger partial charge in [0.2, 0.25) is 5.91 Å². The quantitative estimate of drug-likeness (QED) is 0.311. The summed E-state index contributed by atoms with van der Waals surface area (Å²) in [4.78, 5) is 49.0. The van der Waals surface area contributed by atoms with E-state index in [1.807, 2.05) is 36.1 Å². The summed E-state index contributed by atoms with van der Waals surface area (Å²) in [6, 6.07) is 13.1. The van der Waals surface area contributed by atoms with Gasteiger partial charge in [-0.15, -0.1) is 0 Å². The summed E-state index contributed by atoms with van der Waals surface area (Å²) in [5.74, 6) is -0.370. The van der Waals surface area contributed by atoms with Crippen molar-refractivity contribution in [1.82, 2.24) is 35.2 Å². The van der Waals surface area contributed by atoms with E-state index in [2.05, 4.69) is 20.5 Å². The highest BCUT2D eigenvalue weighted by atomic mass is 19.1. The molecule has 12 nitrogen and oxygen atoms in total. The molecule has 2 aromatic carbocycles. The highest BCUT2D eigenvalue weighted by molar-refractivity contribution is 6.01. The fourth-order valence-corrected chi connectivity index (χ4v) is 6.49. The number of rotatable bonds is 7. The molecule has 0 spiro atoms. The maximum absolute atomic E-state index is 15.1. The maximum atomic E-state index is 15.1. The van der Waals surface area contributed by atoms with E-state index in [0.29, 0.717) is 62.4 Å². The number of hydrogen-bond donors (Lipinski definition) is 2. The lowest BCUT2D eigenvalue weighted by Gasteiger charge is -2.42. The van der Waals surface area contributed by atoms with Gasteiger partial charge in [-0.1, -0.05) is 6.07 Å². The van der Waals surface area contributed by atoms with E-state index in [9.17, 15) is 14.4 Å². The number of amides is 3. The number of aromatic amines is 1. The predicted molar refractivity (Wildman–Crippen MR) is 172 cm³/mol. The molecule has 13 heteroatoms. The number of ether oxygens (including phenoxy) is 2. The molecule has 0 saturated carbocycles. The van der Waals surface area contributed by atoms with Crippen molar-refractivity contribution in [2.45, 2.75) is 38.4 Å². The van der Waals surface area contributed by atoms with Crippen molar-refractivity contribution in [2.75, 3.05) is 46.9 Å². The molecule has 2 aliphatic rings. The predicted octanol–water partition coefficient (Wildman–Crippen LogP) is 3.75. The number of aryl methyl sites for hydroxylation is 1. The number of carbonyl (C=O) groups excluding carboxylic acids is 3. The van der Waals surface area contributed by atoms with Crippen molar-refractivity contribution in [3.05, 3.63) is 77.4 Å². The summed E-state index contributed by atoms with van der Waals surface area (Å²) in [6.07, 6.45) is 2.33. The van der Waals surface area contributed by atoms with Crippen LogP contribution in [0, 0.1) is 12.7 Å². The fourth-order valence-electron chi connectivity index (χ4n) is 6.49. The van der Waals surface area contributed by atoms with Crippen LogP contribution in [-0.4, -0.2) is 107 Å². The van der Waals surface area contributed by atoms with Gasteiger partial charge in [0.05, 0.1) is 25.8 Å². The summed E-state index contributed by atoms with van der Waals surface area (Å²) in [5, 5.41) is 11.5. The molecule has 0 bridgehead atoms. The summed E-state index contributed by atoms with van der Waals surface area (Å²) in [5.41, 5.74) is 4.13. The summed E-state index contributed by atoms with van der Waals surface area (Å²) in [6.45, 7) is 3.85. The lowest BCUT2D eigenvalue weighted by atomic mass is 9.95. The third kappa shape index (κ3) is 6.75. The molecule has 2 fully saturated rings. The van der Waals surface area contributed by atoms with Crippen molar-refractivity contribution in [3.63, 3.8) is 0 Å². The Morgan fingerprint density at radius 1 is 1.02 bits per heavy atom. The number of piperazine rings is 1. The smallest absolute Gasteiger partial charge is 0.409 e. The van der Waals surface area contributed by atoms with Gasteiger partial charge in [0, 0.05) is 79.3 Å². The molecule has 0 aliphatic carbocycles. The number of hydrogen-bond acceptors (Lipinski definition) is 8. The van der Waals surface area contributed by atoms with Crippen molar-refractivity contribution in [3.8, 4) is 17.0 Å². The number of piperidine rings is 1. The van der Waals surface area contributed by atoms with Gasteiger partial charge in [-0.3, -0.25) is 24.6 Å². The fraction of sp³-hybridized carbons (Fsp3) is 0.382. The van der Waals surface area contributed by atoms with E-state index in [0.717, 1.165) is 27.9 Å². The monoisotopic (exact) mass is 643 g/mol. The van der Waals surface area contributed by atoms with Gasteiger partial charge in [-0.2, -0.15) is 5.10 Å². The average Bonchev–Trinajstić information content (AvgIpc) is 3.52. The van der Waals surface area contributed by atoms with Crippen LogP contribution in [0.1, 0.15) is 34.5 Å². The second kappa shape index (κ2) is 13.8. The van der Waals surface area contributed by atoms with Crippen LogP contribution < -0.4 is 10.1 Å². The summed E-state index contributed by atoms with van der Waals surface area (Å²) < 4.78 is 25.4. The number of likely N-dealkylation sites (tertiary alicyclic amines) is 1. The molecule has 3 amide bonds. The number of methoxy groups -OCH3 is 2. The Kier molecular flexibility index (Phi) is 9.34. The molecule has 0 radical (unpaired) electrons. The van der Waals surface area contributed by atoms with E-state index in [1.165, 1.54) is 20.3 Å². The molecule has 2 atom stereocenters. The molecular formula is C34H38FN7O5. The van der Waals surface area contributed by atoms with Crippen LogP contribution in [0.3, 0.4) is 0 Å². The Morgan fingerprint density at radius 3 is 2.55 bits per heavy atom. The first-order valence-electron chi connectivity index (χ1n) is 15.6. The van der Waals surface area contributed by atoms with Crippen molar-refractivity contribution in [2.24, 2.45) is 0 Å². The lowest BCUT2D eigenvalue weighted by Crippen LogP contribution is -2.59. The number of nitrogens with one attached hydrogen (secondary N) is 2. The molecule has 246 valence electrons. The highest BCUT2D eigenvalue weighted by Crippen LogP contribution is 2.30. The third-order valence-corrected chi connectivity index (χ3v) is 8.98. The Hall–Kier alpha value is -5.04. The molecule has 4 aromatic rings. The van der Waals surface area contributed by atoms with Crippen LogP contribution in [-0.2, 0) is 16.1 Å². The van der Waals surface area contributed by atoms with E-state index >= 15 is 4.39 Å². The van der Waals surface area contributed by atoms with Crippen LogP contribution in [0.25, 0.3) is 22.2 Å². The average molecular weight is 644 g/mol. The number of nitrogens with zero attached hydrogens (tertiary/aromatic N) is 5. The zero-order valence-electron chi connectivity index (χ0n) is 26.7. The van der Waals surface area contributed by atoms with Crippen LogP contribution >= 0.6 is 0 Å². The number of pyridine rings is 1. The number of carbonyl (C=O) groups is 3. The Balaban J connectivity index is 1.20. The largest absolute Gasteiger partial charge is 0.496 e. The second-order valence-corrected chi connectivity index (χ2v) is 11.9. The molecule has 2 aromatic heterocycles. The minimum Gasteiger partial charge on any atom is -0.496 e. The van der Waals surface area contributed by atoms with Crippen molar-refractivity contribution in [1.29, 1.82) is 0 Å². The molecule has 2 saturated heterocycles. The molecular weight excluding hydrogens is 605 g/mol. The van der Waals surface area contributed by atoms with Gasteiger partial charge in [0.15, 0.2) is 0 Å². The van der Waals surface area contributed by atoms with Gasteiger partial charge in [0.25, 0.3) is 5.91 Å². The van der Waals surface area contributed by atoms with Gasteiger partial charge >= 0.3 is 6.09 Å². The van der Waals surface area contributed by atoms with Crippen LogP contribution in [0.5, 0.6) is 5.75 Å². The zero-order chi connectivity index (χ0) is 33.1. The minimum atomic E-state index is -0.536. The van der Waals surface area contributed by atoms with Gasteiger partial charge < -0.3 is 24.6 Å². The summed E-state index contributed by atoms with van der Waals surface area (Å²) in [7, 11) is 2.82. The number of H-pyrrole nitrogens is 1. The minimum absolute atomic E-state index is 0.0844. The number of halogens is 1. The first-order valence-corrected chi connectivity index (χ1v) is 15.6. The number of benzene rings is 2. The number of fused-ring (bicyclic) bond motifs is 1. The standard InChI is InChI=1S/C34H38FN7O5/c1-21-17-22(11-12-36-21)31-25-18-23(7-9-28(25)38-39-31)32(43)37-24-8-10-29(33(44)40-13-15-41(16-14-40)34(45)47-3)42(19-24)20-26-27(35)5-4-6-30(26)46-2/h4-7,9,11-12,17-18,24,29H,8,10,13-16,19-20H2,1-3H3,(H,37,43)(H,38,39)/t24-,29+/m1/s1. The molecule has 0 unspecified atom stereocenters. The van der Waals surface area contributed by atoms with Gasteiger partial charge in [-0.25, -0.2) is 9.18 Å². The van der Waals surface area contributed by atoms with Crippen LogP contribution in [0.15, 0.2) is 54.7 Å². The van der Waals surface area contributed by atoms with E-state index < -0.39 is 18.0 Å². The lowest BCUT2D eigenvalue weighted by molar-refractivity contribution is -0.140. The van der Waals surface area contributed by atoms with Crippen molar-refractivity contribution >= 4 is 28.8 Å². The Bertz CT molecular complexity index is 1790. The van der Waals surface area contributed by atoms with Crippen LogP contribution in [0.2, 0.25) is 0 Å². The molecule has 4 heterocycles. The van der Waals surface area contributed by atoms with E-state index in [4.69, 9.17) is 9.47 Å². The third-order valence-electron chi connectivity index (χ3n) is 8.98. The Labute approximate surface area is 271 Å². The topological polar surface area (TPSA) is 133 Å². The van der Waals surface area contributed by atoms with Crippen LogP contribution in [0.4, 0.5) is 9.18 Å². The van der Waals surface area contributed by atoms with Gasteiger partial charge in [0.1, 0.15) is 17.3 Å². The number of aromatic nitrogens is 3. The SMILES string of the molecule is COC(=O)N1CCN(C(=O)[C@@H]2CC[C@@H](NC(=O)c3ccc4[nH]nc(-c5ccnc(C)c5)c4c3)CN2Cc2c(F)cccc2OC)CC1. The molecule has 2 aliphatic heterocycles. The van der Waals surface area contributed by atoms with E-state index in [1.54, 1.807) is 34.2 Å². The maximum Gasteiger partial charge on any atom is 0.409 e. The molecule has 2 N–H and O–H groups in total. The van der Waals surface area contributed by atoms with Crippen molar-refractivity contribution < 1.29 is 28.2 Å². The normalized spacial score (nSPS) is 18.6. The molecule has 47 heavy (non-hydrogen) atoms. The van der Waals surface area contributed by atoms with Gasteiger partial charge in [-0.05, 0) is 62.2 Å². The first kappa shape index (κ1) is 31.9. The van der Waals surface area contributed by atoms with E-state index in [-0.39, 0.29) is 24.4 Å². The second-order valence-electron chi connectivity index (χ2n) is 11.9. The summed E-state index contributed by atoms with van der Waals surface area (Å²) >= 11 is 0.